The largest absolute Gasteiger partial charge is 0.483 e. The summed E-state index contributed by atoms with van der Waals surface area (Å²) in [4.78, 5) is 47.8. The minimum absolute atomic E-state index is 0.0487. The lowest BCUT2D eigenvalue weighted by atomic mass is 9.73. The first kappa shape index (κ1) is 21.1. The molecule has 3 saturated heterocycles. The second-order valence-corrected chi connectivity index (χ2v) is 8.75. The van der Waals surface area contributed by atoms with Crippen LogP contribution in [-0.4, -0.2) is 74.6 Å². The van der Waals surface area contributed by atoms with Crippen LogP contribution in [0.2, 0.25) is 0 Å². The molecule has 1 spiro atoms. The summed E-state index contributed by atoms with van der Waals surface area (Å²) in [5, 5.41) is 10.2. The summed E-state index contributed by atoms with van der Waals surface area (Å²) >= 11 is 1.21. The van der Waals surface area contributed by atoms with Crippen LogP contribution in [0.4, 0.5) is 5.13 Å². The van der Waals surface area contributed by atoms with Crippen molar-refractivity contribution in [3.8, 4) is 0 Å². The Morgan fingerprint density at radius 2 is 2.19 bits per heavy atom. The average Bonchev–Trinajstić information content (AvgIpc) is 3.53. The van der Waals surface area contributed by atoms with Crippen molar-refractivity contribution in [2.24, 2.45) is 11.8 Å². The standard InChI is InChI=1S/C18H20N6O3S.CH2O2/c19-17-23-7-14(28-17)16(26)24-8-11-10(13-1-2-18(11,9-24)27-13)5-22-15(25)12-6-20-3-4-21-12;2-1-3/h3-4,6-7,10-11,13H,1-2,5,8-9H2,(H2,19,23)(H,22,25);1H,(H,2,3)/t10-,11+,13+,18+;/m0./s1. The number of amides is 2. The summed E-state index contributed by atoms with van der Waals surface area (Å²) < 4.78 is 6.35. The van der Waals surface area contributed by atoms with Gasteiger partial charge in [0.05, 0.1) is 30.6 Å². The number of carboxylic acid groups (broad SMARTS) is 1. The number of nitrogens with zero attached hydrogens (tertiary/aromatic N) is 4. The number of anilines is 1. The van der Waals surface area contributed by atoms with Gasteiger partial charge in [-0.25, -0.2) is 9.97 Å². The van der Waals surface area contributed by atoms with Gasteiger partial charge in [-0.2, -0.15) is 0 Å². The lowest BCUT2D eigenvalue weighted by Crippen LogP contribution is -2.42. The lowest BCUT2D eigenvalue weighted by molar-refractivity contribution is -0.122. The molecule has 4 N–H and O–H groups in total. The molecule has 0 radical (unpaired) electrons. The second-order valence-electron chi connectivity index (χ2n) is 7.68. The number of carbonyl (C=O) groups excluding carboxylic acids is 2. The zero-order chi connectivity index (χ0) is 22.0. The highest BCUT2D eigenvalue weighted by Crippen LogP contribution is 2.54. The average molecular weight is 446 g/mol. The topological polar surface area (TPSA) is 161 Å². The third-order valence-corrected chi connectivity index (χ3v) is 6.91. The van der Waals surface area contributed by atoms with Crippen LogP contribution in [0.5, 0.6) is 0 Å². The van der Waals surface area contributed by atoms with Crippen LogP contribution in [0.1, 0.15) is 33.0 Å². The van der Waals surface area contributed by atoms with Gasteiger partial charge in [0.1, 0.15) is 10.6 Å². The van der Waals surface area contributed by atoms with E-state index < -0.39 is 0 Å². The van der Waals surface area contributed by atoms with E-state index in [1.807, 2.05) is 4.90 Å². The highest BCUT2D eigenvalue weighted by atomic mass is 32.1. The number of nitrogens with two attached hydrogens (primary N) is 1. The number of hydrogen-bond donors (Lipinski definition) is 3. The quantitative estimate of drug-likeness (QED) is 0.560. The highest BCUT2D eigenvalue weighted by Gasteiger charge is 2.63. The van der Waals surface area contributed by atoms with Crippen molar-refractivity contribution in [3.05, 3.63) is 35.4 Å². The van der Waals surface area contributed by atoms with Crippen LogP contribution in [-0.2, 0) is 9.53 Å². The molecule has 164 valence electrons. The Morgan fingerprint density at radius 1 is 1.39 bits per heavy atom. The van der Waals surface area contributed by atoms with Crippen LogP contribution in [0, 0.1) is 11.8 Å². The molecule has 2 aromatic heterocycles. The van der Waals surface area contributed by atoms with Gasteiger partial charge in [0, 0.05) is 37.3 Å². The molecule has 0 unspecified atom stereocenters. The first-order valence-corrected chi connectivity index (χ1v) is 10.6. The van der Waals surface area contributed by atoms with Crippen molar-refractivity contribution >= 4 is 34.8 Å². The van der Waals surface area contributed by atoms with Gasteiger partial charge in [0.2, 0.25) is 0 Å². The number of aromatic nitrogens is 3. The number of nitrogens with one attached hydrogen (secondary N) is 1. The number of hydrogen-bond acceptors (Lipinski definition) is 9. The fourth-order valence-electron chi connectivity index (χ4n) is 4.88. The van der Waals surface area contributed by atoms with Gasteiger partial charge in [0.15, 0.2) is 5.13 Å². The van der Waals surface area contributed by atoms with Gasteiger partial charge in [-0.05, 0) is 12.8 Å². The number of ether oxygens (including phenoxy) is 1. The predicted molar refractivity (Wildman–Crippen MR) is 109 cm³/mol. The number of fused-ring (bicyclic) bond motifs is 1. The number of likely N-dealkylation sites (tertiary alicyclic amines) is 1. The normalized spacial score (nSPS) is 27.9. The third-order valence-electron chi connectivity index (χ3n) is 6.10. The van der Waals surface area contributed by atoms with Crippen LogP contribution < -0.4 is 11.1 Å². The number of nitrogen functional groups attached to an aromatic ring is 1. The highest BCUT2D eigenvalue weighted by molar-refractivity contribution is 7.17. The molecule has 5 rings (SSSR count). The van der Waals surface area contributed by atoms with Gasteiger partial charge >= 0.3 is 0 Å². The zero-order valence-electron chi connectivity index (χ0n) is 16.5. The molecular weight excluding hydrogens is 424 g/mol. The third kappa shape index (κ3) is 3.95. The van der Waals surface area contributed by atoms with Crippen molar-refractivity contribution in [3.63, 3.8) is 0 Å². The minimum Gasteiger partial charge on any atom is -0.483 e. The van der Waals surface area contributed by atoms with Gasteiger partial charge in [-0.1, -0.05) is 11.3 Å². The maximum Gasteiger partial charge on any atom is 0.290 e. The summed E-state index contributed by atoms with van der Waals surface area (Å²) in [6.07, 6.45) is 8.05. The maximum atomic E-state index is 12.8. The molecule has 3 aliphatic heterocycles. The summed E-state index contributed by atoms with van der Waals surface area (Å²) in [5.74, 6) is 0.102. The van der Waals surface area contributed by atoms with Crippen molar-refractivity contribution in [1.82, 2.24) is 25.2 Å². The van der Waals surface area contributed by atoms with Gasteiger partial charge < -0.3 is 25.8 Å². The Morgan fingerprint density at radius 3 is 2.87 bits per heavy atom. The van der Waals surface area contributed by atoms with Crippen LogP contribution in [0.15, 0.2) is 24.8 Å². The smallest absolute Gasteiger partial charge is 0.290 e. The van der Waals surface area contributed by atoms with E-state index in [1.54, 1.807) is 0 Å². The van der Waals surface area contributed by atoms with E-state index in [-0.39, 0.29) is 41.8 Å². The molecule has 2 amide bonds. The van der Waals surface area contributed by atoms with Crippen molar-refractivity contribution in [2.45, 2.75) is 24.5 Å². The first-order chi connectivity index (χ1) is 15.0. The molecule has 2 aromatic rings. The van der Waals surface area contributed by atoms with E-state index in [1.165, 1.54) is 36.1 Å². The molecule has 12 heteroatoms. The summed E-state index contributed by atoms with van der Waals surface area (Å²) in [5.41, 5.74) is 5.67. The molecule has 31 heavy (non-hydrogen) atoms. The van der Waals surface area contributed by atoms with E-state index in [4.69, 9.17) is 20.4 Å². The van der Waals surface area contributed by atoms with E-state index >= 15 is 0 Å². The Hall–Kier alpha value is -3.12. The van der Waals surface area contributed by atoms with E-state index in [9.17, 15) is 9.59 Å². The Labute approximate surface area is 181 Å². The molecule has 0 aromatic carbocycles. The summed E-state index contributed by atoms with van der Waals surface area (Å²) in [6, 6.07) is 0. The first-order valence-electron chi connectivity index (χ1n) is 9.78. The molecule has 2 bridgehead atoms. The van der Waals surface area contributed by atoms with E-state index in [0.29, 0.717) is 35.3 Å². The van der Waals surface area contributed by atoms with Crippen LogP contribution in [0.25, 0.3) is 0 Å². The Balaban J connectivity index is 0.000000730. The van der Waals surface area contributed by atoms with Crippen molar-refractivity contribution < 1.29 is 24.2 Å². The van der Waals surface area contributed by atoms with Gasteiger partial charge in [-0.3, -0.25) is 19.4 Å². The lowest BCUT2D eigenvalue weighted by Gasteiger charge is -2.29. The van der Waals surface area contributed by atoms with E-state index in [0.717, 1.165) is 12.8 Å². The molecular formula is C19H22N6O5S. The fraction of sp³-hybridized carbons (Fsp3) is 0.474. The number of carbonyl (C=O) groups is 3. The van der Waals surface area contributed by atoms with E-state index in [2.05, 4.69) is 20.3 Å². The molecule has 0 aliphatic carbocycles. The zero-order valence-corrected chi connectivity index (χ0v) is 17.3. The summed E-state index contributed by atoms with van der Waals surface area (Å²) in [7, 11) is 0. The summed E-state index contributed by atoms with van der Waals surface area (Å²) in [6.45, 7) is 1.46. The van der Waals surface area contributed by atoms with Gasteiger partial charge in [-0.15, -0.1) is 0 Å². The SMILES string of the molecule is Nc1ncc(C(=O)N2C[C@@H]3[C@H](CNC(=O)c4cnccn4)[C@H]4CC[C@]3(C2)O4)s1.O=CO. The molecule has 3 fully saturated rings. The molecule has 4 atom stereocenters. The minimum atomic E-state index is -0.293. The number of rotatable bonds is 4. The Bertz CT molecular complexity index is 972. The maximum absolute atomic E-state index is 12.8. The van der Waals surface area contributed by atoms with Crippen molar-refractivity contribution in [1.29, 1.82) is 0 Å². The van der Waals surface area contributed by atoms with Gasteiger partial charge in [0.25, 0.3) is 18.3 Å². The Kier molecular flexibility index (Phi) is 5.83. The van der Waals surface area contributed by atoms with Crippen molar-refractivity contribution in [2.75, 3.05) is 25.4 Å². The number of thiazole rings is 1. The fourth-order valence-corrected chi connectivity index (χ4v) is 5.53. The predicted octanol–water partition coefficient (Wildman–Crippen LogP) is 0.266. The molecule has 3 aliphatic rings. The molecule has 5 heterocycles. The second kappa shape index (κ2) is 8.55. The molecule has 11 nitrogen and oxygen atoms in total. The van der Waals surface area contributed by atoms with Crippen LogP contribution in [0.3, 0.4) is 0 Å². The monoisotopic (exact) mass is 446 g/mol. The van der Waals surface area contributed by atoms with Crippen LogP contribution >= 0.6 is 11.3 Å². The molecule has 0 saturated carbocycles.